The molecule has 2 heterocycles. The lowest BCUT2D eigenvalue weighted by Gasteiger charge is -2.34. The highest BCUT2D eigenvalue weighted by atomic mass is 79.9. The van der Waals surface area contributed by atoms with Crippen molar-refractivity contribution in [2.24, 2.45) is 5.92 Å². The molecule has 0 bridgehead atoms. The van der Waals surface area contributed by atoms with Crippen molar-refractivity contribution in [3.05, 3.63) is 27.5 Å². The Bertz CT molecular complexity index is 474. The highest BCUT2D eigenvalue weighted by Crippen LogP contribution is 2.21. The summed E-state index contributed by atoms with van der Waals surface area (Å²) in [5.41, 5.74) is 0.572. The van der Waals surface area contributed by atoms with Crippen molar-refractivity contribution in [2.75, 3.05) is 13.1 Å². The van der Waals surface area contributed by atoms with E-state index in [2.05, 4.69) is 20.9 Å². The van der Waals surface area contributed by atoms with Crippen LogP contribution in [0.5, 0.6) is 0 Å². The number of β-amino-alcohol motifs (C(OH)–C–C–N with tert-alkyl or cyclic N) is 1. The molecule has 0 saturated carbocycles. The summed E-state index contributed by atoms with van der Waals surface area (Å²) in [6, 6.07) is 1.73. The molecular formula is C13H16BrClN2O2. The third-order valence-corrected chi connectivity index (χ3v) is 3.95. The van der Waals surface area contributed by atoms with Crippen LogP contribution in [0.4, 0.5) is 0 Å². The quantitative estimate of drug-likeness (QED) is 0.893. The molecule has 2 rings (SSSR count). The van der Waals surface area contributed by atoms with Gasteiger partial charge in [0.1, 0.15) is 0 Å². The molecule has 1 saturated heterocycles. The zero-order valence-electron chi connectivity index (χ0n) is 10.6. The first-order chi connectivity index (χ1) is 8.95. The third-order valence-electron chi connectivity index (χ3n) is 3.19. The molecule has 1 aliphatic rings. The standard InChI is InChI=1S/C13H16BrClN2O2/c1-8-2-10(18)7-17(6-8)13(19)4-12-11(15)3-9(14)5-16-12/h3,5,8,10,18H,2,4,6-7H2,1H3/t8-,10+/m1/s1. The second-order valence-electron chi connectivity index (χ2n) is 5.05. The minimum atomic E-state index is -0.430. The molecule has 4 nitrogen and oxygen atoms in total. The molecule has 1 aromatic rings. The topological polar surface area (TPSA) is 53.4 Å². The molecule has 104 valence electrons. The summed E-state index contributed by atoms with van der Waals surface area (Å²) in [7, 11) is 0. The van der Waals surface area contributed by atoms with Gasteiger partial charge >= 0.3 is 0 Å². The number of hydrogen-bond acceptors (Lipinski definition) is 3. The first kappa shape index (κ1) is 14.8. The second kappa shape index (κ2) is 6.20. The van der Waals surface area contributed by atoms with Gasteiger partial charge in [0.05, 0.1) is 23.2 Å². The summed E-state index contributed by atoms with van der Waals surface area (Å²) in [5.74, 6) is 0.281. The van der Waals surface area contributed by atoms with Gasteiger partial charge in [-0.1, -0.05) is 18.5 Å². The number of carbonyl (C=O) groups is 1. The minimum absolute atomic E-state index is 0.0395. The predicted molar refractivity (Wildman–Crippen MR) is 77.0 cm³/mol. The van der Waals surface area contributed by atoms with Crippen LogP contribution in [-0.4, -0.2) is 40.1 Å². The van der Waals surface area contributed by atoms with Crippen molar-refractivity contribution in [2.45, 2.75) is 25.9 Å². The summed E-state index contributed by atoms with van der Waals surface area (Å²) in [4.78, 5) is 18.1. The van der Waals surface area contributed by atoms with Gasteiger partial charge < -0.3 is 10.0 Å². The molecule has 1 aliphatic heterocycles. The summed E-state index contributed by atoms with van der Waals surface area (Å²) in [6.07, 6.45) is 2.12. The van der Waals surface area contributed by atoms with E-state index in [1.807, 2.05) is 6.92 Å². The number of aliphatic hydroxyl groups is 1. The van der Waals surface area contributed by atoms with Gasteiger partial charge in [-0.2, -0.15) is 0 Å². The summed E-state index contributed by atoms with van der Waals surface area (Å²) >= 11 is 9.34. The van der Waals surface area contributed by atoms with E-state index in [-0.39, 0.29) is 12.3 Å². The van der Waals surface area contributed by atoms with E-state index >= 15 is 0 Å². The van der Waals surface area contributed by atoms with E-state index in [1.54, 1.807) is 17.2 Å². The van der Waals surface area contributed by atoms with Crippen molar-refractivity contribution < 1.29 is 9.90 Å². The number of pyridine rings is 1. The van der Waals surface area contributed by atoms with E-state index in [4.69, 9.17) is 11.6 Å². The van der Waals surface area contributed by atoms with Crippen LogP contribution in [0.3, 0.4) is 0 Å². The molecule has 0 aromatic carbocycles. The maximum Gasteiger partial charge on any atom is 0.228 e. The fourth-order valence-electron chi connectivity index (χ4n) is 2.35. The molecule has 1 N–H and O–H groups in total. The molecule has 0 unspecified atom stereocenters. The first-order valence-corrected chi connectivity index (χ1v) is 7.38. The normalized spacial score (nSPS) is 23.5. The molecule has 6 heteroatoms. The zero-order chi connectivity index (χ0) is 14.0. The van der Waals surface area contributed by atoms with E-state index in [0.717, 1.165) is 10.9 Å². The van der Waals surface area contributed by atoms with Gasteiger partial charge in [-0.05, 0) is 34.3 Å². The SMILES string of the molecule is C[C@@H]1C[C@H](O)CN(C(=O)Cc2ncc(Br)cc2Cl)C1. The monoisotopic (exact) mass is 346 g/mol. The third kappa shape index (κ3) is 3.91. The van der Waals surface area contributed by atoms with Crippen LogP contribution in [0.2, 0.25) is 5.02 Å². The number of aliphatic hydroxyl groups excluding tert-OH is 1. The van der Waals surface area contributed by atoms with Crippen LogP contribution in [0.15, 0.2) is 16.7 Å². The van der Waals surface area contributed by atoms with Gasteiger partial charge in [-0.25, -0.2) is 0 Å². The Morgan fingerprint density at radius 3 is 3.00 bits per heavy atom. The lowest BCUT2D eigenvalue weighted by Crippen LogP contribution is -2.46. The van der Waals surface area contributed by atoms with Crippen molar-refractivity contribution in [1.29, 1.82) is 0 Å². The Kier molecular flexibility index (Phi) is 4.81. The van der Waals surface area contributed by atoms with Crippen molar-refractivity contribution in [1.82, 2.24) is 9.88 Å². The van der Waals surface area contributed by atoms with Crippen LogP contribution < -0.4 is 0 Å². The summed E-state index contributed by atoms with van der Waals surface area (Å²) in [6.45, 7) is 3.12. The molecule has 1 aromatic heterocycles. The lowest BCUT2D eigenvalue weighted by molar-refractivity contribution is -0.134. The van der Waals surface area contributed by atoms with E-state index in [0.29, 0.717) is 29.7 Å². The highest BCUT2D eigenvalue weighted by molar-refractivity contribution is 9.10. The molecule has 0 aliphatic carbocycles. The van der Waals surface area contributed by atoms with Gasteiger partial charge in [0, 0.05) is 23.8 Å². The first-order valence-electron chi connectivity index (χ1n) is 6.21. The molecular weight excluding hydrogens is 332 g/mol. The van der Waals surface area contributed by atoms with Gasteiger partial charge in [0.25, 0.3) is 0 Å². The number of aromatic nitrogens is 1. The Labute approximate surface area is 125 Å². The van der Waals surface area contributed by atoms with Gasteiger partial charge in [-0.3, -0.25) is 9.78 Å². The number of rotatable bonds is 2. The maximum atomic E-state index is 12.2. The minimum Gasteiger partial charge on any atom is -0.391 e. The van der Waals surface area contributed by atoms with Gasteiger partial charge in [0.15, 0.2) is 0 Å². The second-order valence-corrected chi connectivity index (χ2v) is 6.38. The number of piperidine rings is 1. The van der Waals surface area contributed by atoms with Gasteiger partial charge in [0.2, 0.25) is 5.91 Å². The fraction of sp³-hybridized carbons (Fsp3) is 0.538. The predicted octanol–water partition coefficient (Wildman–Crippen LogP) is 2.27. The van der Waals surface area contributed by atoms with Crippen molar-refractivity contribution in [3.8, 4) is 0 Å². The van der Waals surface area contributed by atoms with Crippen LogP contribution in [0, 0.1) is 5.92 Å². The molecule has 0 spiro atoms. The maximum absolute atomic E-state index is 12.2. The molecule has 19 heavy (non-hydrogen) atoms. The Morgan fingerprint density at radius 1 is 1.63 bits per heavy atom. The summed E-state index contributed by atoms with van der Waals surface area (Å²) < 4.78 is 0.788. The van der Waals surface area contributed by atoms with Crippen LogP contribution >= 0.6 is 27.5 Å². The number of halogens is 2. The number of likely N-dealkylation sites (tertiary alicyclic amines) is 1. The van der Waals surface area contributed by atoms with E-state index in [1.165, 1.54) is 0 Å². The lowest BCUT2D eigenvalue weighted by atomic mass is 9.97. The molecule has 1 fully saturated rings. The van der Waals surface area contributed by atoms with Crippen LogP contribution in [-0.2, 0) is 11.2 Å². The van der Waals surface area contributed by atoms with Gasteiger partial charge in [-0.15, -0.1) is 0 Å². The zero-order valence-corrected chi connectivity index (χ0v) is 13.0. The highest BCUT2D eigenvalue weighted by Gasteiger charge is 2.26. The molecule has 0 radical (unpaired) electrons. The Hall–Kier alpha value is -0.650. The smallest absolute Gasteiger partial charge is 0.228 e. The Balaban J connectivity index is 2.04. The van der Waals surface area contributed by atoms with E-state index in [9.17, 15) is 9.90 Å². The van der Waals surface area contributed by atoms with E-state index < -0.39 is 6.10 Å². The number of carbonyl (C=O) groups excluding carboxylic acids is 1. The van der Waals surface area contributed by atoms with Crippen LogP contribution in [0.1, 0.15) is 19.0 Å². The average Bonchev–Trinajstić information content (AvgIpc) is 2.31. The van der Waals surface area contributed by atoms with Crippen LogP contribution in [0.25, 0.3) is 0 Å². The summed E-state index contributed by atoms with van der Waals surface area (Å²) in [5, 5.41) is 10.2. The molecule has 2 atom stereocenters. The Morgan fingerprint density at radius 2 is 2.37 bits per heavy atom. The largest absolute Gasteiger partial charge is 0.391 e. The number of hydrogen-bond donors (Lipinski definition) is 1. The number of amides is 1. The number of nitrogens with zero attached hydrogens (tertiary/aromatic N) is 2. The van der Waals surface area contributed by atoms with Crippen molar-refractivity contribution >= 4 is 33.4 Å². The van der Waals surface area contributed by atoms with Crippen molar-refractivity contribution in [3.63, 3.8) is 0 Å². The molecule has 1 amide bonds. The fourth-order valence-corrected chi connectivity index (χ4v) is 3.05. The average molecular weight is 348 g/mol.